The van der Waals surface area contributed by atoms with Gasteiger partial charge in [-0.3, -0.25) is 0 Å². The lowest BCUT2D eigenvalue weighted by Crippen LogP contribution is -2.37. The average Bonchev–Trinajstić information content (AvgIpc) is 2.03. The smallest absolute Gasteiger partial charge is 0.305 e. The molecule has 0 fully saturated rings. The Morgan fingerprint density at radius 2 is 1.36 bits per heavy atom. The van der Waals surface area contributed by atoms with Crippen molar-refractivity contribution in [2.24, 2.45) is 0 Å². The largest absolute Gasteiger partial charge is 0.454 e. The molecular weight excluding hydrogens is 289 g/mol. The zero-order chi connectivity index (χ0) is 10.8. The Hall–Kier alpha value is 0.470. The highest BCUT2D eigenvalue weighted by atomic mass is 35.6. The van der Waals surface area contributed by atoms with E-state index in [2.05, 4.69) is 0 Å². The Morgan fingerprint density at radius 1 is 0.857 bits per heavy atom. The number of ether oxygens (including phenoxy) is 1. The molecule has 14 heavy (non-hydrogen) atoms. The number of hydrogen-bond acceptors (Lipinski definition) is 1. The summed E-state index contributed by atoms with van der Waals surface area (Å²) in [6.07, 6.45) is 0. The van der Waals surface area contributed by atoms with Crippen LogP contribution in [0.3, 0.4) is 0 Å². The molecule has 1 aromatic rings. The number of hydrogen-bond donors (Lipinski definition) is 0. The SMILES string of the molecule is ClC(Cl)(Cl)C(Cl)(Cl)Oc1ccccc1. The van der Waals surface area contributed by atoms with E-state index in [9.17, 15) is 0 Å². The lowest BCUT2D eigenvalue weighted by Gasteiger charge is -2.27. The Labute approximate surface area is 107 Å². The van der Waals surface area contributed by atoms with E-state index >= 15 is 0 Å². The molecule has 0 aromatic heterocycles. The number of benzene rings is 1. The van der Waals surface area contributed by atoms with Crippen LogP contribution in [0.15, 0.2) is 30.3 Å². The molecule has 0 radical (unpaired) electrons. The normalized spacial score (nSPS) is 12.6. The fourth-order valence-corrected chi connectivity index (χ4v) is 0.988. The van der Waals surface area contributed by atoms with E-state index in [1.165, 1.54) is 0 Å². The van der Waals surface area contributed by atoms with Crippen molar-refractivity contribution in [2.75, 3.05) is 0 Å². The molecule has 0 amide bonds. The van der Waals surface area contributed by atoms with Gasteiger partial charge in [-0.1, -0.05) is 76.2 Å². The van der Waals surface area contributed by atoms with Crippen LogP contribution in [0.1, 0.15) is 0 Å². The van der Waals surface area contributed by atoms with Gasteiger partial charge in [-0.05, 0) is 12.1 Å². The second-order valence-corrected chi connectivity index (χ2v) is 5.97. The van der Waals surface area contributed by atoms with Crippen molar-refractivity contribution < 1.29 is 4.74 Å². The minimum atomic E-state index is -1.92. The van der Waals surface area contributed by atoms with Gasteiger partial charge in [-0.15, -0.1) is 0 Å². The van der Waals surface area contributed by atoms with E-state index in [-0.39, 0.29) is 0 Å². The van der Waals surface area contributed by atoms with Crippen LogP contribution in [0.4, 0.5) is 0 Å². The van der Waals surface area contributed by atoms with Gasteiger partial charge in [-0.2, -0.15) is 0 Å². The average molecular weight is 294 g/mol. The fourth-order valence-electron chi connectivity index (χ4n) is 0.694. The standard InChI is InChI=1S/C8H5Cl5O/c9-7(10,11)8(12,13)14-6-4-2-1-3-5-6/h1-5H. The van der Waals surface area contributed by atoms with Gasteiger partial charge < -0.3 is 4.74 Å². The van der Waals surface area contributed by atoms with Crippen LogP contribution in [0.2, 0.25) is 0 Å². The molecule has 0 aliphatic rings. The first-order valence-electron chi connectivity index (χ1n) is 3.51. The molecule has 0 N–H and O–H groups in total. The van der Waals surface area contributed by atoms with E-state index in [1.807, 2.05) is 6.07 Å². The summed E-state index contributed by atoms with van der Waals surface area (Å²) in [5, 5.41) is 0. The van der Waals surface area contributed by atoms with Crippen LogP contribution in [0.25, 0.3) is 0 Å². The quantitative estimate of drug-likeness (QED) is 0.726. The highest BCUT2D eigenvalue weighted by Gasteiger charge is 2.48. The second kappa shape index (κ2) is 4.54. The van der Waals surface area contributed by atoms with Gasteiger partial charge in [-0.25, -0.2) is 0 Å². The van der Waals surface area contributed by atoms with Crippen molar-refractivity contribution in [3.8, 4) is 5.75 Å². The molecule has 6 heteroatoms. The molecule has 1 aromatic carbocycles. The molecular formula is C8H5Cl5O. The van der Waals surface area contributed by atoms with Gasteiger partial charge in [0.05, 0.1) is 0 Å². The summed E-state index contributed by atoms with van der Waals surface area (Å²) in [7, 11) is 0. The van der Waals surface area contributed by atoms with E-state index < -0.39 is 8.31 Å². The minimum Gasteiger partial charge on any atom is -0.454 e. The zero-order valence-electron chi connectivity index (χ0n) is 6.68. The van der Waals surface area contributed by atoms with Gasteiger partial charge in [0.2, 0.25) is 0 Å². The third-order valence-corrected chi connectivity index (χ3v) is 3.42. The predicted octanol–water partition coefficient (Wildman–Crippen LogP) is 4.57. The zero-order valence-corrected chi connectivity index (χ0v) is 10.5. The van der Waals surface area contributed by atoms with Gasteiger partial charge >= 0.3 is 4.52 Å². The Bertz CT molecular complexity index is 292. The molecule has 0 saturated carbocycles. The Morgan fingerprint density at radius 3 is 1.79 bits per heavy atom. The summed E-state index contributed by atoms with van der Waals surface area (Å²) in [4.78, 5) is 0. The van der Waals surface area contributed by atoms with Gasteiger partial charge in [0.25, 0.3) is 3.79 Å². The maximum absolute atomic E-state index is 5.69. The first kappa shape index (κ1) is 12.5. The predicted molar refractivity (Wildman–Crippen MR) is 61.8 cm³/mol. The van der Waals surface area contributed by atoms with Gasteiger partial charge in [0, 0.05) is 0 Å². The molecule has 0 spiro atoms. The molecule has 0 unspecified atom stereocenters. The van der Waals surface area contributed by atoms with Crippen molar-refractivity contribution >= 4 is 58.0 Å². The maximum Gasteiger partial charge on any atom is 0.305 e. The molecule has 0 heterocycles. The molecule has 0 saturated heterocycles. The summed E-state index contributed by atoms with van der Waals surface area (Å²) < 4.78 is 1.26. The summed E-state index contributed by atoms with van der Waals surface area (Å²) in [6.45, 7) is 0. The van der Waals surface area contributed by atoms with E-state index in [4.69, 9.17) is 62.7 Å². The first-order valence-corrected chi connectivity index (χ1v) is 5.40. The van der Waals surface area contributed by atoms with E-state index in [0.717, 1.165) is 0 Å². The van der Waals surface area contributed by atoms with Crippen LogP contribution in [0, 0.1) is 0 Å². The van der Waals surface area contributed by atoms with Crippen LogP contribution in [0.5, 0.6) is 5.75 Å². The topological polar surface area (TPSA) is 9.23 Å². The van der Waals surface area contributed by atoms with Crippen molar-refractivity contribution in [2.45, 2.75) is 8.31 Å². The molecule has 0 aliphatic heterocycles. The number of alkyl halides is 5. The van der Waals surface area contributed by atoms with E-state index in [0.29, 0.717) is 5.75 Å². The van der Waals surface area contributed by atoms with Crippen LogP contribution in [-0.4, -0.2) is 8.31 Å². The second-order valence-electron chi connectivity index (χ2n) is 2.43. The highest BCUT2D eigenvalue weighted by Crippen LogP contribution is 2.46. The highest BCUT2D eigenvalue weighted by molar-refractivity contribution is 6.75. The summed E-state index contributed by atoms with van der Waals surface area (Å²) in [5.41, 5.74) is 0. The lowest BCUT2D eigenvalue weighted by molar-refractivity contribution is 0.246. The van der Waals surface area contributed by atoms with Crippen LogP contribution >= 0.6 is 58.0 Å². The molecule has 78 valence electrons. The van der Waals surface area contributed by atoms with E-state index in [1.54, 1.807) is 24.3 Å². The Balaban J connectivity index is 2.79. The van der Waals surface area contributed by atoms with Crippen LogP contribution < -0.4 is 4.74 Å². The molecule has 0 bridgehead atoms. The van der Waals surface area contributed by atoms with Crippen molar-refractivity contribution in [3.63, 3.8) is 0 Å². The molecule has 1 nitrogen and oxygen atoms in total. The van der Waals surface area contributed by atoms with Crippen molar-refractivity contribution in [1.82, 2.24) is 0 Å². The maximum atomic E-state index is 5.69. The van der Waals surface area contributed by atoms with Gasteiger partial charge in [0.1, 0.15) is 5.75 Å². The lowest BCUT2D eigenvalue weighted by atomic mass is 10.3. The fraction of sp³-hybridized carbons (Fsp3) is 0.250. The third-order valence-electron chi connectivity index (χ3n) is 1.32. The first-order chi connectivity index (χ1) is 6.33. The Kier molecular flexibility index (Phi) is 4.07. The third kappa shape index (κ3) is 3.25. The summed E-state index contributed by atoms with van der Waals surface area (Å²) in [6, 6.07) is 8.60. The number of para-hydroxylation sites is 1. The monoisotopic (exact) mass is 292 g/mol. The molecule has 1 rings (SSSR count). The summed E-state index contributed by atoms with van der Waals surface area (Å²) >= 11 is 27.9. The van der Waals surface area contributed by atoms with Crippen LogP contribution in [-0.2, 0) is 0 Å². The molecule has 0 aliphatic carbocycles. The minimum absolute atomic E-state index is 0.420. The van der Waals surface area contributed by atoms with Crippen molar-refractivity contribution in [1.29, 1.82) is 0 Å². The van der Waals surface area contributed by atoms with Gasteiger partial charge in [0.15, 0.2) is 0 Å². The summed E-state index contributed by atoms with van der Waals surface area (Å²) in [5.74, 6) is 0.420. The molecule has 0 atom stereocenters. The van der Waals surface area contributed by atoms with Crippen molar-refractivity contribution in [3.05, 3.63) is 30.3 Å². The number of halogens is 5. The number of rotatable bonds is 2.